The van der Waals surface area contributed by atoms with E-state index in [0.717, 1.165) is 18.9 Å². The summed E-state index contributed by atoms with van der Waals surface area (Å²) in [6.07, 6.45) is 1.72. The molecule has 1 N–H and O–H groups in total. The predicted octanol–water partition coefficient (Wildman–Crippen LogP) is 3.40. The standard InChI is InChI=1S/C12H15ClFNO/c1-3-9(4-2)15-12(16)10-6-5-8(14)7-11(10)13/h5-7,9H,3-4H2,1-2H3,(H,15,16). The first-order valence-corrected chi connectivity index (χ1v) is 5.72. The minimum absolute atomic E-state index is 0.133. The van der Waals surface area contributed by atoms with Crippen LogP contribution in [0.25, 0.3) is 0 Å². The zero-order valence-corrected chi connectivity index (χ0v) is 10.1. The molecular weight excluding hydrogens is 229 g/mol. The lowest BCUT2D eigenvalue weighted by atomic mass is 10.1. The van der Waals surface area contributed by atoms with Gasteiger partial charge >= 0.3 is 0 Å². The number of nitrogens with one attached hydrogen (secondary N) is 1. The fraction of sp³-hybridized carbons (Fsp3) is 0.417. The van der Waals surface area contributed by atoms with Gasteiger partial charge in [-0.2, -0.15) is 0 Å². The molecule has 0 heterocycles. The maximum Gasteiger partial charge on any atom is 0.253 e. The van der Waals surface area contributed by atoms with E-state index in [1.165, 1.54) is 12.1 Å². The zero-order chi connectivity index (χ0) is 12.1. The van der Waals surface area contributed by atoms with E-state index in [0.29, 0.717) is 5.56 Å². The Morgan fingerprint density at radius 3 is 2.56 bits per heavy atom. The van der Waals surface area contributed by atoms with Crippen LogP contribution in [0.4, 0.5) is 4.39 Å². The quantitative estimate of drug-likeness (QED) is 0.863. The van der Waals surface area contributed by atoms with Crippen molar-refractivity contribution in [1.82, 2.24) is 5.32 Å². The van der Waals surface area contributed by atoms with E-state index in [1.807, 2.05) is 13.8 Å². The average Bonchev–Trinajstić information content (AvgIpc) is 2.25. The van der Waals surface area contributed by atoms with Gasteiger partial charge in [-0.1, -0.05) is 25.4 Å². The van der Waals surface area contributed by atoms with Crippen LogP contribution in [0.15, 0.2) is 18.2 Å². The summed E-state index contributed by atoms with van der Waals surface area (Å²) in [6.45, 7) is 4.00. The molecule has 1 aromatic carbocycles. The summed E-state index contributed by atoms with van der Waals surface area (Å²) >= 11 is 5.79. The molecule has 16 heavy (non-hydrogen) atoms. The number of rotatable bonds is 4. The van der Waals surface area contributed by atoms with Crippen molar-refractivity contribution in [2.24, 2.45) is 0 Å². The Balaban J connectivity index is 2.80. The summed E-state index contributed by atoms with van der Waals surface area (Å²) < 4.78 is 12.8. The van der Waals surface area contributed by atoms with Crippen LogP contribution in [0.3, 0.4) is 0 Å². The Morgan fingerprint density at radius 2 is 2.06 bits per heavy atom. The number of amides is 1. The topological polar surface area (TPSA) is 29.1 Å². The van der Waals surface area contributed by atoms with Crippen molar-refractivity contribution in [3.05, 3.63) is 34.6 Å². The van der Waals surface area contributed by atoms with Gasteiger partial charge in [0, 0.05) is 6.04 Å². The SMILES string of the molecule is CCC(CC)NC(=O)c1ccc(F)cc1Cl. The first kappa shape index (κ1) is 13.0. The number of halogens is 2. The molecule has 0 saturated heterocycles. The van der Waals surface area contributed by atoms with Crippen LogP contribution in [-0.2, 0) is 0 Å². The highest BCUT2D eigenvalue weighted by Gasteiger charge is 2.13. The second-order valence-electron chi connectivity index (χ2n) is 3.61. The molecule has 0 saturated carbocycles. The molecule has 0 spiro atoms. The second kappa shape index (κ2) is 5.85. The summed E-state index contributed by atoms with van der Waals surface area (Å²) in [5, 5.41) is 2.99. The fourth-order valence-corrected chi connectivity index (χ4v) is 1.68. The maximum atomic E-state index is 12.8. The highest BCUT2D eigenvalue weighted by Crippen LogP contribution is 2.17. The molecule has 2 nitrogen and oxygen atoms in total. The van der Waals surface area contributed by atoms with Crippen LogP contribution in [0.2, 0.25) is 5.02 Å². The Bertz CT molecular complexity index is 377. The minimum atomic E-state index is -0.441. The molecule has 0 bridgehead atoms. The molecule has 0 aliphatic heterocycles. The zero-order valence-electron chi connectivity index (χ0n) is 9.39. The summed E-state index contributed by atoms with van der Waals surface area (Å²) in [6, 6.07) is 3.90. The molecule has 1 amide bonds. The Hall–Kier alpha value is -1.09. The fourth-order valence-electron chi connectivity index (χ4n) is 1.43. The number of benzene rings is 1. The van der Waals surface area contributed by atoms with E-state index in [1.54, 1.807) is 0 Å². The molecule has 1 rings (SSSR count). The van der Waals surface area contributed by atoms with E-state index in [2.05, 4.69) is 5.32 Å². The number of hydrogen-bond acceptors (Lipinski definition) is 1. The molecule has 1 aromatic rings. The highest BCUT2D eigenvalue weighted by molar-refractivity contribution is 6.33. The van der Waals surface area contributed by atoms with Gasteiger partial charge in [-0.15, -0.1) is 0 Å². The molecule has 0 unspecified atom stereocenters. The first-order chi connectivity index (χ1) is 7.58. The summed E-state index contributed by atoms with van der Waals surface area (Å²) in [4.78, 5) is 11.8. The van der Waals surface area contributed by atoms with Gasteiger partial charge in [0.2, 0.25) is 0 Å². The van der Waals surface area contributed by atoms with Gasteiger partial charge in [0.15, 0.2) is 0 Å². The molecule has 0 radical (unpaired) electrons. The van der Waals surface area contributed by atoms with E-state index >= 15 is 0 Å². The second-order valence-corrected chi connectivity index (χ2v) is 4.02. The van der Waals surface area contributed by atoms with Crippen LogP contribution in [0.5, 0.6) is 0 Å². The number of carbonyl (C=O) groups is 1. The van der Waals surface area contributed by atoms with E-state index in [9.17, 15) is 9.18 Å². The molecular formula is C12H15ClFNO. The van der Waals surface area contributed by atoms with Crippen molar-refractivity contribution in [3.63, 3.8) is 0 Å². The Morgan fingerprint density at radius 1 is 1.44 bits per heavy atom. The van der Waals surface area contributed by atoms with E-state index in [-0.39, 0.29) is 17.0 Å². The molecule has 4 heteroatoms. The van der Waals surface area contributed by atoms with Crippen molar-refractivity contribution in [2.75, 3.05) is 0 Å². The van der Waals surface area contributed by atoms with Crippen molar-refractivity contribution < 1.29 is 9.18 Å². The van der Waals surface area contributed by atoms with Crippen molar-refractivity contribution >= 4 is 17.5 Å². The van der Waals surface area contributed by atoms with Gasteiger partial charge < -0.3 is 5.32 Å². The van der Waals surface area contributed by atoms with Crippen LogP contribution in [-0.4, -0.2) is 11.9 Å². The monoisotopic (exact) mass is 243 g/mol. The third-order valence-corrected chi connectivity index (χ3v) is 2.81. The van der Waals surface area contributed by atoms with Gasteiger partial charge in [-0.05, 0) is 31.0 Å². The average molecular weight is 244 g/mol. The van der Waals surface area contributed by atoms with Gasteiger partial charge in [-0.3, -0.25) is 4.79 Å². The van der Waals surface area contributed by atoms with Crippen molar-refractivity contribution in [1.29, 1.82) is 0 Å². The summed E-state index contributed by atoms with van der Waals surface area (Å²) in [7, 11) is 0. The van der Waals surface area contributed by atoms with Crippen molar-refractivity contribution in [2.45, 2.75) is 32.7 Å². The van der Waals surface area contributed by atoms with Gasteiger partial charge in [-0.25, -0.2) is 4.39 Å². The van der Waals surface area contributed by atoms with Crippen LogP contribution in [0.1, 0.15) is 37.0 Å². The molecule has 0 aromatic heterocycles. The maximum absolute atomic E-state index is 12.8. The van der Waals surface area contributed by atoms with E-state index < -0.39 is 5.82 Å². The van der Waals surface area contributed by atoms with Crippen LogP contribution in [0, 0.1) is 5.82 Å². The van der Waals surface area contributed by atoms with Crippen LogP contribution >= 0.6 is 11.6 Å². The normalized spacial score (nSPS) is 10.6. The lowest BCUT2D eigenvalue weighted by Crippen LogP contribution is -2.33. The largest absolute Gasteiger partial charge is 0.349 e. The third-order valence-electron chi connectivity index (χ3n) is 2.50. The smallest absolute Gasteiger partial charge is 0.253 e. The number of hydrogen-bond donors (Lipinski definition) is 1. The van der Waals surface area contributed by atoms with E-state index in [4.69, 9.17) is 11.6 Å². The van der Waals surface area contributed by atoms with Gasteiger partial charge in [0.05, 0.1) is 10.6 Å². The lowest BCUT2D eigenvalue weighted by molar-refractivity contribution is 0.0935. The third kappa shape index (κ3) is 3.20. The van der Waals surface area contributed by atoms with Gasteiger partial charge in [0.1, 0.15) is 5.82 Å². The van der Waals surface area contributed by atoms with Gasteiger partial charge in [0.25, 0.3) is 5.91 Å². The summed E-state index contributed by atoms with van der Waals surface area (Å²) in [5.41, 5.74) is 0.315. The molecule has 0 aliphatic rings. The first-order valence-electron chi connectivity index (χ1n) is 5.34. The van der Waals surface area contributed by atoms with Crippen LogP contribution < -0.4 is 5.32 Å². The molecule has 0 atom stereocenters. The lowest BCUT2D eigenvalue weighted by Gasteiger charge is -2.15. The number of carbonyl (C=O) groups excluding carboxylic acids is 1. The minimum Gasteiger partial charge on any atom is -0.349 e. The summed E-state index contributed by atoms with van der Waals surface area (Å²) in [5.74, 6) is -0.692. The highest BCUT2D eigenvalue weighted by atomic mass is 35.5. The molecule has 0 aliphatic carbocycles. The van der Waals surface area contributed by atoms with Crippen molar-refractivity contribution in [3.8, 4) is 0 Å². The molecule has 88 valence electrons. The molecule has 0 fully saturated rings. The predicted molar refractivity (Wildman–Crippen MR) is 63.2 cm³/mol. The Labute approximate surface area is 99.8 Å². The Kier molecular flexibility index (Phi) is 4.74.